The van der Waals surface area contributed by atoms with E-state index in [1.54, 1.807) is 6.20 Å². The van der Waals surface area contributed by atoms with E-state index < -0.39 is 12.7 Å². The first kappa shape index (κ1) is 18.5. The molecule has 0 aromatic carbocycles. The van der Waals surface area contributed by atoms with E-state index in [0.717, 1.165) is 28.9 Å². The lowest BCUT2D eigenvalue weighted by Gasteiger charge is -2.07. The summed E-state index contributed by atoms with van der Waals surface area (Å²) < 4.78 is 39.5. The van der Waals surface area contributed by atoms with E-state index in [1.165, 1.54) is 12.4 Å². The maximum Gasteiger partial charge on any atom is 0.408 e. The molecule has 0 aliphatic rings. The molecular weight excluding hydrogens is 319 g/mol. The summed E-state index contributed by atoms with van der Waals surface area (Å²) >= 11 is 0. The summed E-state index contributed by atoms with van der Waals surface area (Å²) in [5.41, 5.74) is 1.78. The van der Waals surface area contributed by atoms with Crippen LogP contribution in [0.25, 0.3) is 0 Å². The van der Waals surface area contributed by atoms with Gasteiger partial charge in [-0.3, -0.25) is 9.36 Å². The lowest BCUT2D eigenvalue weighted by atomic mass is 10.3. The summed E-state index contributed by atoms with van der Waals surface area (Å²) in [6, 6.07) is 1.93. The minimum absolute atomic E-state index is 0. The van der Waals surface area contributed by atoms with E-state index in [1.807, 2.05) is 10.7 Å². The average Bonchev–Trinajstić information content (AvgIpc) is 2.98. The number of nitrogens with one attached hydrogen (secondary N) is 1. The van der Waals surface area contributed by atoms with Gasteiger partial charge in [-0.05, 0) is 12.5 Å². The highest BCUT2D eigenvalue weighted by atomic mass is 35.5. The molecular formula is C13H19ClF3N5. The van der Waals surface area contributed by atoms with Gasteiger partial charge in [-0.2, -0.15) is 23.4 Å². The number of aryl methyl sites for hydroxylation is 1. The van der Waals surface area contributed by atoms with Gasteiger partial charge in [0.25, 0.3) is 0 Å². The molecule has 2 heterocycles. The minimum Gasteiger partial charge on any atom is -0.307 e. The molecule has 2 aromatic rings. The average molecular weight is 338 g/mol. The number of aromatic nitrogens is 4. The van der Waals surface area contributed by atoms with E-state index in [4.69, 9.17) is 0 Å². The Morgan fingerprint density at radius 1 is 1.23 bits per heavy atom. The molecule has 2 aromatic heterocycles. The Hall–Kier alpha value is -1.54. The number of hydrogen-bond donors (Lipinski definition) is 1. The first-order valence-electron chi connectivity index (χ1n) is 6.77. The van der Waals surface area contributed by atoms with Crippen LogP contribution in [0.15, 0.2) is 24.7 Å². The fraction of sp³-hybridized carbons (Fsp3) is 0.538. The molecule has 9 heteroatoms. The largest absolute Gasteiger partial charge is 0.408 e. The second-order valence-electron chi connectivity index (χ2n) is 4.81. The molecule has 0 amide bonds. The molecule has 0 unspecified atom stereocenters. The number of hydrogen-bond acceptors (Lipinski definition) is 3. The van der Waals surface area contributed by atoms with Gasteiger partial charge in [-0.25, -0.2) is 0 Å². The van der Waals surface area contributed by atoms with Crippen LogP contribution in [-0.2, 0) is 26.2 Å². The van der Waals surface area contributed by atoms with Gasteiger partial charge < -0.3 is 5.32 Å². The van der Waals surface area contributed by atoms with Gasteiger partial charge >= 0.3 is 6.18 Å². The Kier molecular flexibility index (Phi) is 6.89. The van der Waals surface area contributed by atoms with Crippen molar-refractivity contribution >= 4 is 12.4 Å². The van der Waals surface area contributed by atoms with Crippen molar-refractivity contribution in [2.45, 2.75) is 45.7 Å². The third-order valence-electron chi connectivity index (χ3n) is 2.90. The monoisotopic (exact) mass is 337 g/mol. The molecule has 0 atom stereocenters. The number of halogens is 4. The second-order valence-corrected chi connectivity index (χ2v) is 4.81. The van der Waals surface area contributed by atoms with Crippen LogP contribution in [0.2, 0.25) is 0 Å². The predicted octanol–water partition coefficient (Wildman–Crippen LogP) is 2.76. The summed E-state index contributed by atoms with van der Waals surface area (Å²) in [4.78, 5) is 0. The van der Waals surface area contributed by atoms with E-state index >= 15 is 0 Å². The van der Waals surface area contributed by atoms with Crippen molar-refractivity contribution in [2.24, 2.45) is 0 Å². The van der Waals surface area contributed by atoms with Crippen LogP contribution in [0.3, 0.4) is 0 Å². The molecule has 0 aliphatic heterocycles. The third-order valence-corrected chi connectivity index (χ3v) is 2.90. The van der Waals surface area contributed by atoms with Gasteiger partial charge in [0.1, 0.15) is 6.54 Å². The third kappa shape index (κ3) is 5.69. The van der Waals surface area contributed by atoms with Crippen molar-refractivity contribution in [3.05, 3.63) is 35.9 Å². The van der Waals surface area contributed by atoms with Crippen LogP contribution >= 0.6 is 12.4 Å². The van der Waals surface area contributed by atoms with Crippen molar-refractivity contribution in [1.29, 1.82) is 0 Å². The molecule has 1 N–H and O–H groups in total. The van der Waals surface area contributed by atoms with Crippen LogP contribution < -0.4 is 5.32 Å². The molecule has 0 saturated carbocycles. The number of nitrogens with zero attached hydrogens (tertiary/aromatic N) is 4. The van der Waals surface area contributed by atoms with Crippen LogP contribution in [0.5, 0.6) is 0 Å². The SMILES string of the molecule is CCCn1nccc1CNCc1cnn(CC(F)(F)F)c1.Cl. The van der Waals surface area contributed by atoms with Gasteiger partial charge in [0.05, 0.1) is 11.9 Å². The fourth-order valence-electron chi connectivity index (χ4n) is 2.03. The molecule has 0 spiro atoms. The topological polar surface area (TPSA) is 47.7 Å². The zero-order chi connectivity index (χ0) is 15.3. The predicted molar refractivity (Wildman–Crippen MR) is 78.6 cm³/mol. The van der Waals surface area contributed by atoms with Crippen molar-refractivity contribution in [1.82, 2.24) is 24.9 Å². The lowest BCUT2D eigenvalue weighted by Crippen LogP contribution is -2.18. The van der Waals surface area contributed by atoms with Crippen molar-refractivity contribution in [3.8, 4) is 0 Å². The van der Waals surface area contributed by atoms with E-state index in [9.17, 15) is 13.2 Å². The summed E-state index contributed by atoms with van der Waals surface area (Å²) in [5.74, 6) is 0. The van der Waals surface area contributed by atoms with E-state index in [2.05, 4.69) is 22.4 Å². The standard InChI is InChI=1S/C13H18F3N5.ClH/c1-2-5-21-12(3-4-18-21)8-17-6-11-7-19-20(9-11)10-13(14,15)16;/h3-4,7,9,17H,2,5-6,8,10H2,1H3;1H. The Labute approximate surface area is 132 Å². The second kappa shape index (κ2) is 8.19. The van der Waals surface area contributed by atoms with Gasteiger partial charge in [0.15, 0.2) is 0 Å². The maximum absolute atomic E-state index is 12.2. The van der Waals surface area contributed by atoms with Crippen LogP contribution in [-0.4, -0.2) is 25.7 Å². The van der Waals surface area contributed by atoms with Crippen LogP contribution in [0, 0.1) is 0 Å². The number of rotatable bonds is 7. The molecule has 0 radical (unpaired) electrons. The molecule has 0 aliphatic carbocycles. The molecule has 0 fully saturated rings. The summed E-state index contributed by atoms with van der Waals surface area (Å²) in [6.45, 7) is 2.96. The van der Waals surface area contributed by atoms with Gasteiger partial charge in [-0.15, -0.1) is 12.4 Å². The lowest BCUT2D eigenvalue weighted by molar-refractivity contribution is -0.142. The zero-order valence-corrected chi connectivity index (χ0v) is 13.0. The molecule has 2 rings (SSSR count). The van der Waals surface area contributed by atoms with Gasteiger partial charge in [0.2, 0.25) is 0 Å². The van der Waals surface area contributed by atoms with E-state index in [0.29, 0.717) is 13.1 Å². The number of alkyl halides is 3. The zero-order valence-electron chi connectivity index (χ0n) is 12.2. The minimum atomic E-state index is -4.25. The molecule has 124 valence electrons. The maximum atomic E-state index is 12.2. The summed E-state index contributed by atoms with van der Waals surface area (Å²) in [7, 11) is 0. The Bertz CT molecular complexity index is 564. The molecule has 0 saturated heterocycles. The molecule has 22 heavy (non-hydrogen) atoms. The van der Waals surface area contributed by atoms with Crippen molar-refractivity contribution in [2.75, 3.05) is 0 Å². The Morgan fingerprint density at radius 3 is 2.68 bits per heavy atom. The first-order chi connectivity index (χ1) is 9.98. The Morgan fingerprint density at radius 2 is 2.00 bits per heavy atom. The smallest absolute Gasteiger partial charge is 0.307 e. The summed E-state index contributed by atoms with van der Waals surface area (Å²) in [6.07, 6.45) is 1.35. The normalized spacial score (nSPS) is 11.5. The quantitative estimate of drug-likeness (QED) is 0.845. The fourth-order valence-corrected chi connectivity index (χ4v) is 2.03. The van der Waals surface area contributed by atoms with E-state index in [-0.39, 0.29) is 12.4 Å². The highest BCUT2D eigenvalue weighted by Gasteiger charge is 2.28. The highest BCUT2D eigenvalue weighted by molar-refractivity contribution is 5.85. The van der Waals surface area contributed by atoms with Crippen molar-refractivity contribution in [3.63, 3.8) is 0 Å². The Balaban J connectivity index is 0.00000242. The summed E-state index contributed by atoms with van der Waals surface area (Å²) in [5, 5.41) is 11.1. The molecule has 5 nitrogen and oxygen atoms in total. The van der Waals surface area contributed by atoms with Crippen LogP contribution in [0.4, 0.5) is 13.2 Å². The van der Waals surface area contributed by atoms with Gasteiger partial charge in [0, 0.05) is 37.6 Å². The van der Waals surface area contributed by atoms with Crippen molar-refractivity contribution < 1.29 is 13.2 Å². The molecule has 0 bridgehead atoms. The van der Waals surface area contributed by atoms with Crippen LogP contribution in [0.1, 0.15) is 24.6 Å². The first-order valence-corrected chi connectivity index (χ1v) is 6.77. The van der Waals surface area contributed by atoms with Gasteiger partial charge in [-0.1, -0.05) is 6.92 Å². The highest BCUT2D eigenvalue weighted by Crippen LogP contribution is 2.17.